The molecule has 1 heterocycles. The molecular formula is C21H24N2O3. The molecule has 0 aliphatic carbocycles. The molecule has 0 fully saturated rings. The lowest BCUT2D eigenvalue weighted by atomic mass is 10.1. The Morgan fingerprint density at radius 3 is 2.54 bits per heavy atom. The number of rotatable bonds is 7. The molecule has 2 aromatic carbocycles. The molecule has 2 N–H and O–H groups in total. The second-order valence-electron chi connectivity index (χ2n) is 6.44. The monoisotopic (exact) mass is 352 g/mol. The van der Waals surface area contributed by atoms with Crippen LogP contribution in [0.1, 0.15) is 18.7 Å². The van der Waals surface area contributed by atoms with Crippen LogP contribution >= 0.6 is 0 Å². The van der Waals surface area contributed by atoms with E-state index >= 15 is 0 Å². The summed E-state index contributed by atoms with van der Waals surface area (Å²) in [6.07, 6.45) is -0.104. The first-order chi connectivity index (χ1) is 12.6. The number of hydrogen-bond acceptors (Lipinski definition) is 4. The van der Waals surface area contributed by atoms with Crippen molar-refractivity contribution in [3.05, 3.63) is 76.6 Å². The summed E-state index contributed by atoms with van der Waals surface area (Å²) in [5.74, 6) is 0.833. The number of aliphatic hydroxyl groups is 1. The Morgan fingerprint density at radius 1 is 1.08 bits per heavy atom. The van der Waals surface area contributed by atoms with E-state index in [0.29, 0.717) is 6.54 Å². The van der Waals surface area contributed by atoms with Crippen molar-refractivity contribution < 1.29 is 9.84 Å². The van der Waals surface area contributed by atoms with Gasteiger partial charge in [-0.2, -0.15) is 0 Å². The average molecular weight is 352 g/mol. The number of aromatic nitrogens is 1. The van der Waals surface area contributed by atoms with Crippen LogP contribution in [0.3, 0.4) is 0 Å². The Balaban J connectivity index is 1.66. The van der Waals surface area contributed by atoms with E-state index in [1.165, 1.54) is 16.2 Å². The zero-order valence-electron chi connectivity index (χ0n) is 15.1. The zero-order valence-corrected chi connectivity index (χ0v) is 15.1. The lowest BCUT2D eigenvalue weighted by Gasteiger charge is -2.20. The minimum Gasteiger partial charge on any atom is -0.497 e. The Morgan fingerprint density at radius 2 is 1.81 bits per heavy atom. The Bertz CT molecular complexity index is 918. The van der Waals surface area contributed by atoms with E-state index in [4.69, 9.17) is 4.74 Å². The van der Waals surface area contributed by atoms with Gasteiger partial charge in [0.2, 0.25) is 0 Å². The number of ether oxygens (including phenoxy) is 1. The van der Waals surface area contributed by atoms with Crippen LogP contribution in [0.2, 0.25) is 0 Å². The highest BCUT2D eigenvalue weighted by Crippen LogP contribution is 2.15. The number of methoxy groups -OCH3 is 1. The van der Waals surface area contributed by atoms with Gasteiger partial charge in [0.1, 0.15) is 12.0 Å². The fraction of sp³-hybridized carbons (Fsp3) is 0.286. The smallest absolute Gasteiger partial charge is 0.253 e. The topological polar surface area (TPSA) is 63.5 Å². The summed E-state index contributed by atoms with van der Waals surface area (Å²) in [4.78, 5) is 12.2. The molecule has 0 amide bonds. The number of benzene rings is 2. The van der Waals surface area contributed by atoms with E-state index in [1.54, 1.807) is 13.2 Å². The molecule has 0 aliphatic heterocycles. The maximum atomic E-state index is 12.2. The van der Waals surface area contributed by atoms with E-state index in [0.717, 1.165) is 23.1 Å². The molecule has 0 saturated carbocycles. The van der Waals surface area contributed by atoms with Crippen molar-refractivity contribution in [1.29, 1.82) is 0 Å². The molecule has 1 aromatic heterocycles. The molecule has 3 rings (SSSR count). The van der Waals surface area contributed by atoms with Crippen molar-refractivity contribution >= 4 is 10.9 Å². The number of para-hydroxylation sites is 1. The Labute approximate surface area is 152 Å². The molecule has 0 aliphatic rings. The van der Waals surface area contributed by atoms with Gasteiger partial charge in [0.15, 0.2) is 0 Å². The second kappa shape index (κ2) is 8.17. The van der Waals surface area contributed by atoms with E-state index in [9.17, 15) is 9.90 Å². The average Bonchev–Trinajstić information content (AvgIpc) is 2.66. The van der Waals surface area contributed by atoms with E-state index in [1.807, 2.05) is 48.5 Å². The highest BCUT2D eigenvalue weighted by atomic mass is 16.5. The van der Waals surface area contributed by atoms with Gasteiger partial charge < -0.3 is 15.2 Å². The van der Waals surface area contributed by atoms with Crippen molar-refractivity contribution in [3.8, 4) is 5.75 Å². The van der Waals surface area contributed by atoms with Crippen LogP contribution < -0.4 is 15.6 Å². The molecule has 5 heteroatoms. The summed E-state index contributed by atoms with van der Waals surface area (Å²) < 4.78 is 6.60. The third kappa shape index (κ3) is 4.12. The van der Waals surface area contributed by atoms with Gasteiger partial charge in [0.25, 0.3) is 5.56 Å². The van der Waals surface area contributed by atoms with Gasteiger partial charge in [-0.1, -0.05) is 30.3 Å². The van der Waals surface area contributed by atoms with Gasteiger partial charge >= 0.3 is 0 Å². The molecule has 0 saturated heterocycles. The normalized spacial score (nSPS) is 13.5. The van der Waals surface area contributed by atoms with Gasteiger partial charge in [-0.3, -0.25) is 9.36 Å². The lowest BCUT2D eigenvalue weighted by molar-refractivity contribution is 0.101. The lowest BCUT2D eigenvalue weighted by Crippen LogP contribution is -2.36. The van der Waals surface area contributed by atoms with Gasteiger partial charge in [-0.15, -0.1) is 0 Å². The third-order valence-electron chi connectivity index (χ3n) is 4.49. The molecule has 0 radical (unpaired) electrons. The number of pyridine rings is 1. The van der Waals surface area contributed by atoms with E-state index < -0.39 is 6.23 Å². The number of nitrogens with zero attached hydrogens (tertiary/aromatic N) is 1. The van der Waals surface area contributed by atoms with E-state index in [2.05, 4.69) is 12.2 Å². The predicted molar refractivity (Wildman–Crippen MR) is 104 cm³/mol. The fourth-order valence-corrected chi connectivity index (χ4v) is 3.10. The molecule has 2 atom stereocenters. The highest BCUT2D eigenvalue weighted by Gasteiger charge is 2.13. The zero-order chi connectivity index (χ0) is 18.5. The SMILES string of the molecule is COc1ccc(C[C@@H](C)NCC(O)n2c(=O)ccc3ccccc32)cc1. The fourth-order valence-electron chi connectivity index (χ4n) is 3.10. The summed E-state index contributed by atoms with van der Waals surface area (Å²) in [5, 5.41) is 14.8. The molecule has 0 bridgehead atoms. The molecular weight excluding hydrogens is 328 g/mol. The molecule has 1 unspecified atom stereocenters. The highest BCUT2D eigenvalue weighted by molar-refractivity contribution is 5.78. The van der Waals surface area contributed by atoms with Gasteiger partial charge in [0, 0.05) is 18.7 Å². The predicted octanol–water partition coefficient (Wildman–Crippen LogP) is 2.72. The number of aliphatic hydroxyl groups excluding tert-OH is 1. The van der Waals surface area contributed by atoms with Crippen LogP contribution in [0.25, 0.3) is 10.9 Å². The largest absolute Gasteiger partial charge is 0.497 e. The van der Waals surface area contributed by atoms with Crippen LogP contribution in [-0.4, -0.2) is 29.4 Å². The van der Waals surface area contributed by atoms with Crippen molar-refractivity contribution in [1.82, 2.24) is 9.88 Å². The van der Waals surface area contributed by atoms with Crippen molar-refractivity contribution in [2.75, 3.05) is 13.7 Å². The van der Waals surface area contributed by atoms with Crippen molar-refractivity contribution in [2.24, 2.45) is 0 Å². The standard InChI is InChI=1S/C21H24N2O3/c1-15(13-16-7-10-18(26-2)11-8-16)22-14-21(25)23-19-6-4-3-5-17(19)9-12-20(23)24/h3-12,15,21-22,25H,13-14H2,1-2H3/t15-,21?/m1/s1. The molecule has 0 spiro atoms. The Kier molecular flexibility index (Phi) is 5.71. The minimum absolute atomic E-state index is 0.156. The van der Waals surface area contributed by atoms with Crippen molar-refractivity contribution in [3.63, 3.8) is 0 Å². The summed E-state index contributed by atoms with van der Waals surface area (Å²) in [7, 11) is 1.65. The minimum atomic E-state index is -0.924. The van der Waals surface area contributed by atoms with Gasteiger partial charge in [0.05, 0.1) is 12.6 Å². The molecule has 3 aromatic rings. The summed E-state index contributed by atoms with van der Waals surface area (Å²) >= 11 is 0. The van der Waals surface area contributed by atoms with Crippen LogP contribution in [0.4, 0.5) is 0 Å². The third-order valence-corrected chi connectivity index (χ3v) is 4.49. The first-order valence-electron chi connectivity index (χ1n) is 8.73. The number of fused-ring (bicyclic) bond motifs is 1. The summed E-state index contributed by atoms with van der Waals surface area (Å²) in [6.45, 7) is 2.36. The van der Waals surface area contributed by atoms with Gasteiger partial charge in [-0.25, -0.2) is 0 Å². The van der Waals surface area contributed by atoms with Crippen molar-refractivity contribution in [2.45, 2.75) is 25.6 Å². The first-order valence-corrected chi connectivity index (χ1v) is 8.73. The number of hydrogen-bond donors (Lipinski definition) is 2. The number of nitrogens with one attached hydrogen (secondary N) is 1. The summed E-state index contributed by atoms with van der Waals surface area (Å²) in [5.41, 5.74) is 1.71. The quantitative estimate of drug-likeness (QED) is 0.686. The maximum absolute atomic E-state index is 12.2. The molecule has 5 nitrogen and oxygen atoms in total. The van der Waals surface area contributed by atoms with Crippen LogP contribution in [-0.2, 0) is 6.42 Å². The van der Waals surface area contributed by atoms with Gasteiger partial charge in [-0.05, 0) is 48.6 Å². The Hall–Kier alpha value is -2.63. The summed E-state index contributed by atoms with van der Waals surface area (Å²) in [6, 6.07) is 18.9. The van der Waals surface area contributed by atoms with Crippen LogP contribution in [0.15, 0.2) is 65.5 Å². The second-order valence-corrected chi connectivity index (χ2v) is 6.44. The van der Waals surface area contributed by atoms with Crippen LogP contribution in [0.5, 0.6) is 5.75 Å². The van der Waals surface area contributed by atoms with Crippen LogP contribution in [0, 0.1) is 0 Å². The first kappa shape index (κ1) is 18.2. The maximum Gasteiger partial charge on any atom is 0.253 e. The molecule has 26 heavy (non-hydrogen) atoms. The van der Waals surface area contributed by atoms with E-state index in [-0.39, 0.29) is 11.6 Å². The molecule has 136 valence electrons.